The largest absolute Gasteiger partial charge is 0.333 e. The van der Waals surface area contributed by atoms with E-state index in [4.69, 9.17) is 0 Å². The molecule has 3 nitrogen and oxygen atoms in total. The third-order valence-electron chi connectivity index (χ3n) is 6.05. The Kier molecular flexibility index (Phi) is 3.11. The molecule has 4 bridgehead atoms. The lowest BCUT2D eigenvalue weighted by atomic mass is 9.43. The molecule has 2 atom stereocenters. The van der Waals surface area contributed by atoms with Crippen LogP contribution in [-0.2, 0) is 0 Å². The smallest absolute Gasteiger partial charge is 0.317 e. The average molecular weight is 278 g/mol. The number of rotatable bonds is 3. The number of hydrogen-bond donors (Lipinski definition) is 1. The maximum atomic E-state index is 12.5. The summed E-state index contributed by atoms with van der Waals surface area (Å²) >= 11 is 0. The quantitative estimate of drug-likeness (QED) is 0.837. The molecule has 0 aliphatic heterocycles. The predicted octanol–water partition coefficient (Wildman–Crippen LogP) is 3.79. The summed E-state index contributed by atoms with van der Waals surface area (Å²) in [5.41, 5.74) is 1.01. The second kappa shape index (κ2) is 4.38. The SMILES string of the molecule is CCN(CC)C(=O)NC12CC3CC(C)(CC(C)(C3)C1)C2. The molecular formula is C17H30N2O. The Morgan fingerprint density at radius 2 is 1.60 bits per heavy atom. The van der Waals surface area contributed by atoms with Crippen LogP contribution in [0, 0.1) is 16.7 Å². The molecule has 0 saturated heterocycles. The van der Waals surface area contributed by atoms with Gasteiger partial charge in [0.1, 0.15) is 0 Å². The van der Waals surface area contributed by atoms with E-state index >= 15 is 0 Å². The van der Waals surface area contributed by atoms with Crippen molar-refractivity contribution in [1.82, 2.24) is 10.2 Å². The van der Waals surface area contributed by atoms with E-state index in [2.05, 4.69) is 33.0 Å². The molecule has 4 rings (SSSR count). The highest BCUT2D eigenvalue weighted by molar-refractivity contribution is 5.75. The zero-order valence-corrected chi connectivity index (χ0v) is 13.6. The van der Waals surface area contributed by atoms with E-state index in [1.165, 1.54) is 38.5 Å². The number of amides is 2. The third-order valence-corrected chi connectivity index (χ3v) is 6.05. The second-order valence-corrected chi connectivity index (χ2v) is 8.51. The normalized spacial score (nSPS) is 45.5. The first-order valence-electron chi connectivity index (χ1n) is 8.38. The lowest BCUT2D eigenvalue weighted by Crippen LogP contribution is -2.66. The van der Waals surface area contributed by atoms with Crippen molar-refractivity contribution in [2.24, 2.45) is 16.7 Å². The van der Waals surface area contributed by atoms with Gasteiger partial charge in [-0.25, -0.2) is 4.79 Å². The summed E-state index contributed by atoms with van der Waals surface area (Å²) in [5, 5.41) is 3.46. The van der Waals surface area contributed by atoms with Crippen LogP contribution < -0.4 is 5.32 Å². The topological polar surface area (TPSA) is 32.3 Å². The molecule has 2 amide bonds. The average Bonchev–Trinajstić information content (AvgIpc) is 2.24. The Hall–Kier alpha value is -0.730. The molecule has 4 fully saturated rings. The van der Waals surface area contributed by atoms with Crippen LogP contribution in [0.2, 0.25) is 0 Å². The molecule has 2 unspecified atom stereocenters. The fourth-order valence-corrected chi connectivity index (χ4v) is 6.40. The summed E-state index contributed by atoms with van der Waals surface area (Å²) in [6.45, 7) is 10.6. The van der Waals surface area contributed by atoms with E-state index in [1.54, 1.807) is 0 Å². The van der Waals surface area contributed by atoms with Crippen LogP contribution in [0.15, 0.2) is 0 Å². The molecule has 4 aliphatic carbocycles. The summed E-state index contributed by atoms with van der Waals surface area (Å²) in [5.74, 6) is 0.832. The van der Waals surface area contributed by atoms with Crippen molar-refractivity contribution in [3.8, 4) is 0 Å². The molecule has 0 aromatic carbocycles. The Morgan fingerprint density at radius 3 is 2.05 bits per heavy atom. The monoisotopic (exact) mass is 278 g/mol. The van der Waals surface area contributed by atoms with Crippen molar-refractivity contribution in [2.75, 3.05) is 13.1 Å². The molecule has 0 aromatic rings. The minimum absolute atomic E-state index is 0.0859. The van der Waals surface area contributed by atoms with Crippen molar-refractivity contribution in [3.63, 3.8) is 0 Å². The van der Waals surface area contributed by atoms with E-state index in [-0.39, 0.29) is 11.6 Å². The van der Waals surface area contributed by atoms with Gasteiger partial charge in [0.25, 0.3) is 0 Å². The summed E-state index contributed by atoms with van der Waals surface area (Å²) in [6, 6.07) is 0.157. The molecule has 0 heterocycles. The van der Waals surface area contributed by atoms with Crippen molar-refractivity contribution in [1.29, 1.82) is 0 Å². The van der Waals surface area contributed by atoms with Crippen LogP contribution in [0.1, 0.15) is 66.2 Å². The highest BCUT2D eigenvalue weighted by Gasteiger charge is 2.60. The van der Waals surface area contributed by atoms with Gasteiger partial charge in [0.05, 0.1) is 0 Å². The molecular weight excluding hydrogens is 248 g/mol. The fraction of sp³-hybridized carbons (Fsp3) is 0.941. The van der Waals surface area contributed by atoms with Crippen molar-refractivity contribution in [3.05, 3.63) is 0 Å². The van der Waals surface area contributed by atoms with Crippen LogP contribution in [0.25, 0.3) is 0 Å². The van der Waals surface area contributed by atoms with Crippen molar-refractivity contribution in [2.45, 2.75) is 71.8 Å². The highest BCUT2D eigenvalue weighted by atomic mass is 16.2. The summed E-state index contributed by atoms with van der Waals surface area (Å²) in [6.07, 6.45) is 7.72. The predicted molar refractivity (Wildman–Crippen MR) is 81.6 cm³/mol. The Labute approximate surface area is 123 Å². The zero-order valence-electron chi connectivity index (χ0n) is 13.6. The summed E-state index contributed by atoms with van der Waals surface area (Å²) < 4.78 is 0. The second-order valence-electron chi connectivity index (χ2n) is 8.51. The van der Waals surface area contributed by atoms with Crippen molar-refractivity contribution < 1.29 is 4.79 Å². The van der Waals surface area contributed by atoms with Crippen LogP contribution in [0.5, 0.6) is 0 Å². The lowest BCUT2D eigenvalue weighted by molar-refractivity contribution is -0.114. The molecule has 0 radical (unpaired) electrons. The van der Waals surface area contributed by atoms with Gasteiger partial charge in [0.15, 0.2) is 0 Å². The van der Waals surface area contributed by atoms with E-state index in [1.807, 2.05) is 4.90 Å². The number of nitrogens with one attached hydrogen (secondary N) is 1. The van der Waals surface area contributed by atoms with Gasteiger partial charge in [0, 0.05) is 18.6 Å². The van der Waals surface area contributed by atoms with E-state index < -0.39 is 0 Å². The number of nitrogens with zero attached hydrogens (tertiary/aromatic N) is 1. The maximum absolute atomic E-state index is 12.5. The van der Waals surface area contributed by atoms with Gasteiger partial charge >= 0.3 is 6.03 Å². The highest BCUT2D eigenvalue weighted by Crippen LogP contribution is 2.66. The van der Waals surface area contributed by atoms with Gasteiger partial charge in [0.2, 0.25) is 0 Å². The Morgan fingerprint density at radius 1 is 1.05 bits per heavy atom. The van der Waals surface area contributed by atoms with Crippen LogP contribution in [-0.4, -0.2) is 29.6 Å². The number of urea groups is 1. The standard InChI is InChI=1S/C17H30N2O/c1-5-19(6-2)14(20)18-17-9-13-7-15(3,11-17)10-16(4,8-13)12-17/h13H,5-12H2,1-4H3,(H,18,20). The van der Waals surface area contributed by atoms with Crippen LogP contribution >= 0.6 is 0 Å². The van der Waals surface area contributed by atoms with E-state index in [0.29, 0.717) is 10.8 Å². The zero-order chi connectivity index (χ0) is 14.6. The van der Waals surface area contributed by atoms with Gasteiger partial charge < -0.3 is 10.2 Å². The third kappa shape index (κ3) is 2.23. The first-order chi connectivity index (χ1) is 9.31. The number of hydrogen-bond acceptors (Lipinski definition) is 1. The minimum Gasteiger partial charge on any atom is -0.333 e. The summed E-state index contributed by atoms with van der Waals surface area (Å²) in [7, 11) is 0. The Balaban J connectivity index is 1.80. The Bertz CT molecular complexity index is 397. The van der Waals surface area contributed by atoms with Gasteiger partial charge in [-0.2, -0.15) is 0 Å². The van der Waals surface area contributed by atoms with Crippen LogP contribution in [0.3, 0.4) is 0 Å². The number of carbonyl (C=O) groups is 1. The molecule has 114 valence electrons. The molecule has 1 N–H and O–H groups in total. The molecule has 3 heteroatoms. The first kappa shape index (κ1) is 14.2. The van der Waals surface area contributed by atoms with Gasteiger partial charge in [-0.1, -0.05) is 13.8 Å². The number of carbonyl (C=O) groups excluding carboxylic acids is 1. The molecule has 4 aliphatic rings. The first-order valence-corrected chi connectivity index (χ1v) is 8.38. The molecule has 20 heavy (non-hydrogen) atoms. The minimum atomic E-state index is 0.0859. The van der Waals surface area contributed by atoms with E-state index in [0.717, 1.165) is 19.0 Å². The van der Waals surface area contributed by atoms with Gasteiger partial charge in [-0.3, -0.25) is 0 Å². The van der Waals surface area contributed by atoms with Gasteiger partial charge in [-0.15, -0.1) is 0 Å². The molecule has 0 aromatic heterocycles. The van der Waals surface area contributed by atoms with Crippen molar-refractivity contribution >= 4 is 6.03 Å². The lowest BCUT2D eigenvalue weighted by Gasteiger charge is -2.65. The summed E-state index contributed by atoms with van der Waals surface area (Å²) in [4.78, 5) is 14.4. The fourth-order valence-electron chi connectivity index (χ4n) is 6.40. The van der Waals surface area contributed by atoms with E-state index in [9.17, 15) is 4.79 Å². The molecule has 4 saturated carbocycles. The van der Waals surface area contributed by atoms with Crippen LogP contribution in [0.4, 0.5) is 4.79 Å². The van der Waals surface area contributed by atoms with Gasteiger partial charge in [-0.05, 0) is 69.1 Å². The maximum Gasteiger partial charge on any atom is 0.317 e. The molecule has 0 spiro atoms.